The number of nitrogens with one attached hydrogen (secondary N) is 1. The molecule has 6 nitrogen and oxygen atoms in total. The minimum Gasteiger partial charge on any atom is -0.459 e. The Labute approximate surface area is 178 Å². The number of amides is 2. The fraction of sp³-hybridized carbons (Fsp3) is 0.500. The molecule has 30 heavy (non-hydrogen) atoms. The molecular formula is C24H31N3O3. The van der Waals surface area contributed by atoms with Crippen molar-refractivity contribution in [2.24, 2.45) is 0 Å². The molecule has 0 saturated carbocycles. The summed E-state index contributed by atoms with van der Waals surface area (Å²) in [5, 5.41) is 3.06. The molecule has 2 aliphatic rings. The maximum Gasteiger partial charge on any atom is 0.289 e. The first-order valence-electron chi connectivity index (χ1n) is 10.8. The third-order valence-corrected chi connectivity index (χ3v) is 6.66. The van der Waals surface area contributed by atoms with Crippen molar-refractivity contribution in [3.63, 3.8) is 0 Å². The molecule has 2 amide bonds. The van der Waals surface area contributed by atoms with Crippen molar-refractivity contribution in [3.05, 3.63) is 59.5 Å². The summed E-state index contributed by atoms with van der Waals surface area (Å²) in [5.41, 5.74) is 2.75. The molecule has 0 bridgehead atoms. The second-order valence-corrected chi connectivity index (χ2v) is 8.90. The zero-order chi connectivity index (χ0) is 21.1. The zero-order valence-corrected chi connectivity index (χ0v) is 17.9. The Morgan fingerprint density at radius 3 is 2.63 bits per heavy atom. The van der Waals surface area contributed by atoms with E-state index >= 15 is 0 Å². The molecule has 1 fully saturated rings. The Bertz CT molecular complexity index is 883. The van der Waals surface area contributed by atoms with Gasteiger partial charge in [-0.25, -0.2) is 0 Å². The summed E-state index contributed by atoms with van der Waals surface area (Å²) in [6.45, 7) is 2.96. The number of carbonyl (C=O) groups is 2. The van der Waals surface area contributed by atoms with Crippen molar-refractivity contribution < 1.29 is 14.0 Å². The number of likely N-dealkylation sites (tertiary alicyclic amines) is 1. The van der Waals surface area contributed by atoms with E-state index in [0.717, 1.165) is 38.9 Å². The second kappa shape index (κ2) is 8.64. The van der Waals surface area contributed by atoms with Crippen LogP contribution in [0.2, 0.25) is 0 Å². The first-order valence-corrected chi connectivity index (χ1v) is 10.8. The molecule has 160 valence electrons. The van der Waals surface area contributed by atoms with Gasteiger partial charge in [-0.3, -0.25) is 9.59 Å². The first-order chi connectivity index (χ1) is 14.5. The van der Waals surface area contributed by atoms with Gasteiger partial charge in [0.25, 0.3) is 5.91 Å². The zero-order valence-electron chi connectivity index (χ0n) is 17.9. The molecule has 1 aromatic carbocycles. The predicted molar refractivity (Wildman–Crippen MR) is 116 cm³/mol. The minimum atomic E-state index is -0.0297. The van der Waals surface area contributed by atoms with Crippen LogP contribution in [-0.4, -0.2) is 61.9 Å². The average molecular weight is 410 g/mol. The number of hydrogen-bond donors (Lipinski definition) is 1. The van der Waals surface area contributed by atoms with Crippen LogP contribution in [0.5, 0.6) is 0 Å². The van der Waals surface area contributed by atoms with E-state index in [1.807, 2.05) is 19.0 Å². The maximum absolute atomic E-state index is 12.6. The fourth-order valence-electron chi connectivity index (χ4n) is 5.09. The molecule has 2 heterocycles. The lowest BCUT2D eigenvalue weighted by Crippen LogP contribution is -2.44. The van der Waals surface area contributed by atoms with Gasteiger partial charge in [0, 0.05) is 32.6 Å². The third kappa shape index (κ3) is 4.15. The van der Waals surface area contributed by atoms with Gasteiger partial charge in [-0.05, 0) is 68.0 Å². The van der Waals surface area contributed by atoms with Crippen LogP contribution in [0.3, 0.4) is 0 Å². The lowest BCUT2D eigenvalue weighted by Gasteiger charge is -2.40. The van der Waals surface area contributed by atoms with Gasteiger partial charge in [0.15, 0.2) is 5.76 Å². The van der Waals surface area contributed by atoms with E-state index in [1.165, 1.54) is 11.1 Å². The fourth-order valence-corrected chi connectivity index (χ4v) is 5.09. The number of hydrogen-bond acceptors (Lipinski definition) is 4. The van der Waals surface area contributed by atoms with Gasteiger partial charge >= 0.3 is 0 Å². The minimum absolute atomic E-state index is 0.0297. The lowest BCUT2D eigenvalue weighted by atomic mass is 9.73. The van der Waals surface area contributed by atoms with E-state index in [2.05, 4.69) is 34.5 Å². The van der Waals surface area contributed by atoms with Crippen LogP contribution >= 0.6 is 0 Å². The lowest BCUT2D eigenvalue weighted by molar-refractivity contribution is -0.121. The van der Waals surface area contributed by atoms with Crippen LogP contribution in [0, 0.1) is 0 Å². The average Bonchev–Trinajstić information content (AvgIpc) is 3.36. The van der Waals surface area contributed by atoms with Crippen LogP contribution in [0.4, 0.5) is 0 Å². The van der Waals surface area contributed by atoms with E-state index in [9.17, 15) is 9.59 Å². The van der Waals surface area contributed by atoms with E-state index in [0.29, 0.717) is 18.7 Å². The predicted octanol–water partition coefficient (Wildman–Crippen LogP) is 3.01. The van der Waals surface area contributed by atoms with Crippen molar-refractivity contribution in [2.45, 2.75) is 37.0 Å². The van der Waals surface area contributed by atoms with Crippen LogP contribution in [0.1, 0.15) is 53.3 Å². The monoisotopic (exact) mass is 409 g/mol. The Morgan fingerprint density at radius 1 is 1.17 bits per heavy atom. The summed E-state index contributed by atoms with van der Waals surface area (Å²) in [4.78, 5) is 29.1. The number of nitrogens with zero attached hydrogens (tertiary/aromatic N) is 2. The van der Waals surface area contributed by atoms with E-state index in [-0.39, 0.29) is 23.1 Å². The highest BCUT2D eigenvalue weighted by atomic mass is 16.3. The summed E-state index contributed by atoms with van der Waals surface area (Å²) in [7, 11) is 4.01. The smallest absolute Gasteiger partial charge is 0.289 e. The van der Waals surface area contributed by atoms with E-state index < -0.39 is 0 Å². The van der Waals surface area contributed by atoms with Gasteiger partial charge in [-0.1, -0.05) is 24.3 Å². The van der Waals surface area contributed by atoms with Crippen LogP contribution in [-0.2, 0) is 10.2 Å². The molecule has 1 aromatic heterocycles. The summed E-state index contributed by atoms with van der Waals surface area (Å²) in [6.07, 6.45) is 4.90. The molecule has 1 spiro atoms. The number of furan rings is 1. The number of benzene rings is 1. The number of rotatable bonds is 6. The molecule has 1 N–H and O–H groups in total. The topological polar surface area (TPSA) is 65.8 Å². The van der Waals surface area contributed by atoms with E-state index in [1.54, 1.807) is 18.4 Å². The normalized spacial score (nSPS) is 19.8. The quantitative estimate of drug-likeness (QED) is 0.797. The Morgan fingerprint density at radius 2 is 1.93 bits per heavy atom. The second-order valence-electron chi connectivity index (χ2n) is 8.90. The van der Waals surface area contributed by atoms with Gasteiger partial charge < -0.3 is 19.5 Å². The number of carbonyl (C=O) groups excluding carboxylic acids is 2. The highest BCUT2D eigenvalue weighted by Crippen LogP contribution is 2.52. The van der Waals surface area contributed by atoms with Crippen molar-refractivity contribution in [3.8, 4) is 0 Å². The Hall–Kier alpha value is -2.60. The summed E-state index contributed by atoms with van der Waals surface area (Å²) < 4.78 is 5.29. The van der Waals surface area contributed by atoms with Crippen LogP contribution < -0.4 is 5.32 Å². The van der Waals surface area contributed by atoms with Gasteiger partial charge in [-0.15, -0.1) is 0 Å². The molecule has 1 aliphatic carbocycles. The maximum atomic E-state index is 12.6. The molecule has 1 aliphatic heterocycles. The van der Waals surface area contributed by atoms with Crippen LogP contribution in [0.15, 0.2) is 47.1 Å². The number of likely N-dealkylation sites (N-methyl/N-ethyl adjacent to an activating group) is 1. The molecule has 0 unspecified atom stereocenters. The summed E-state index contributed by atoms with van der Waals surface area (Å²) in [5.74, 6) is 0.745. The number of piperidine rings is 1. The largest absolute Gasteiger partial charge is 0.459 e. The highest BCUT2D eigenvalue weighted by molar-refractivity contribution is 5.91. The summed E-state index contributed by atoms with van der Waals surface area (Å²) in [6, 6.07) is 12.1. The van der Waals surface area contributed by atoms with Gasteiger partial charge in [0.05, 0.1) is 6.26 Å². The van der Waals surface area contributed by atoms with E-state index in [4.69, 9.17) is 4.42 Å². The molecule has 6 heteroatoms. The molecule has 0 radical (unpaired) electrons. The molecule has 2 aromatic rings. The molecular weight excluding hydrogens is 378 g/mol. The van der Waals surface area contributed by atoms with Gasteiger partial charge in [-0.2, -0.15) is 0 Å². The summed E-state index contributed by atoms with van der Waals surface area (Å²) >= 11 is 0. The van der Waals surface area contributed by atoms with Gasteiger partial charge in [0.2, 0.25) is 5.91 Å². The SMILES string of the molecule is CN(C)CCNC(=O)C[C@@H]1CC2(CCN(C(=O)c3ccco3)CC2)c2ccccc21. The van der Waals surface area contributed by atoms with Crippen LogP contribution in [0.25, 0.3) is 0 Å². The third-order valence-electron chi connectivity index (χ3n) is 6.66. The van der Waals surface area contributed by atoms with Crippen molar-refractivity contribution in [1.82, 2.24) is 15.1 Å². The first kappa shape index (κ1) is 20.7. The van der Waals surface area contributed by atoms with Crippen molar-refractivity contribution in [1.29, 1.82) is 0 Å². The molecule has 4 rings (SSSR count). The Kier molecular flexibility index (Phi) is 5.95. The Balaban J connectivity index is 1.43. The van der Waals surface area contributed by atoms with Gasteiger partial charge in [0.1, 0.15) is 0 Å². The molecule has 1 saturated heterocycles. The number of fused-ring (bicyclic) bond motifs is 2. The highest BCUT2D eigenvalue weighted by Gasteiger charge is 2.46. The van der Waals surface area contributed by atoms with Crippen molar-refractivity contribution >= 4 is 11.8 Å². The molecule has 1 atom stereocenters. The van der Waals surface area contributed by atoms with Crippen molar-refractivity contribution in [2.75, 3.05) is 40.3 Å². The standard InChI is InChI=1S/C24H31N3O3/c1-26(2)14-11-25-22(28)16-18-17-24(20-7-4-3-6-19(18)20)9-12-27(13-10-24)23(29)21-8-5-15-30-21/h3-8,15,18H,9-14,16-17H2,1-2H3,(H,25,28)/t18-/m1/s1.